The first kappa shape index (κ1) is 17.6. The van der Waals surface area contributed by atoms with E-state index in [4.69, 9.17) is 20.9 Å². The molecule has 2 aromatic carbocycles. The van der Waals surface area contributed by atoms with Crippen LogP contribution < -0.4 is 28.2 Å². The molecular formula is C16H20N2O2Te2. The average molecular weight is 528 g/mol. The zero-order chi connectivity index (χ0) is 15.9. The van der Waals surface area contributed by atoms with Crippen molar-refractivity contribution in [2.24, 2.45) is 0 Å². The summed E-state index contributed by atoms with van der Waals surface area (Å²) in [6.45, 7) is 5.21. The quantitative estimate of drug-likeness (QED) is 0.415. The van der Waals surface area contributed by atoms with Crippen molar-refractivity contribution in [3.63, 3.8) is 0 Å². The molecule has 4 nitrogen and oxygen atoms in total. The zero-order valence-corrected chi connectivity index (χ0v) is 17.3. The van der Waals surface area contributed by atoms with Gasteiger partial charge in [-0.1, -0.05) is 0 Å². The predicted molar refractivity (Wildman–Crippen MR) is 94.8 cm³/mol. The SMILES string of the molecule is CCOc1ccc([Te][Te]c2cccc(OCC)c2N)cc1N. The molecule has 0 fully saturated rings. The van der Waals surface area contributed by atoms with Gasteiger partial charge in [0, 0.05) is 0 Å². The van der Waals surface area contributed by atoms with Gasteiger partial charge in [-0.25, -0.2) is 0 Å². The van der Waals surface area contributed by atoms with Crippen LogP contribution in [0, 0.1) is 0 Å². The molecular weight excluding hydrogens is 507 g/mol. The molecule has 6 heteroatoms. The van der Waals surface area contributed by atoms with E-state index in [1.165, 1.54) is 7.22 Å². The topological polar surface area (TPSA) is 70.5 Å². The zero-order valence-electron chi connectivity index (χ0n) is 12.7. The van der Waals surface area contributed by atoms with Gasteiger partial charge in [-0.2, -0.15) is 0 Å². The van der Waals surface area contributed by atoms with Crippen LogP contribution >= 0.6 is 0 Å². The summed E-state index contributed by atoms with van der Waals surface area (Å²) in [5, 5.41) is 0. The van der Waals surface area contributed by atoms with E-state index in [1.807, 2.05) is 32.0 Å². The van der Waals surface area contributed by atoms with Crippen LogP contribution in [0.15, 0.2) is 36.4 Å². The molecule has 0 aliphatic carbocycles. The summed E-state index contributed by atoms with van der Waals surface area (Å²) in [5.41, 5.74) is 13.8. The Morgan fingerprint density at radius 1 is 0.909 bits per heavy atom. The van der Waals surface area contributed by atoms with E-state index in [1.54, 1.807) is 0 Å². The van der Waals surface area contributed by atoms with Crippen LogP contribution in [0.1, 0.15) is 13.8 Å². The van der Waals surface area contributed by atoms with E-state index < -0.39 is 0 Å². The molecule has 0 aliphatic heterocycles. The van der Waals surface area contributed by atoms with Crippen LogP contribution in [-0.4, -0.2) is 47.3 Å². The maximum absolute atomic E-state index is 6.21. The summed E-state index contributed by atoms with van der Waals surface area (Å²) in [6, 6.07) is 12.3. The van der Waals surface area contributed by atoms with Gasteiger partial charge >= 0.3 is 149 Å². The molecule has 2 aromatic rings. The molecule has 0 spiro atoms. The standard InChI is InChI=1S/C16H20N2O2Te2/c1-3-19-13-9-8-11(10-12(13)17)21-22-15-7-5-6-14(16(15)18)20-4-2/h5-10H,3-4,17-18H2,1-2H3. The minimum atomic E-state index is -0.301. The molecule has 4 N–H and O–H groups in total. The molecule has 22 heavy (non-hydrogen) atoms. The number of benzene rings is 2. The Hall–Kier alpha value is -0.781. The number of ether oxygens (including phenoxy) is 2. The summed E-state index contributed by atoms with van der Waals surface area (Å²) >= 11 is -0.567. The Balaban J connectivity index is 2.07. The molecule has 0 saturated carbocycles. The van der Waals surface area contributed by atoms with Crippen molar-refractivity contribution in [2.75, 3.05) is 24.7 Å². The van der Waals surface area contributed by atoms with Gasteiger partial charge in [0.1, 0.15) is 0 Å². The van der Waals surface area contributed by atoms with Crippen LogP contribution in [-0.2, 0) is 0 Å². The first-order valence-corrected chi connectivity index (χ1v) is 16.7. The second-order valence-electron chi connectivity index (χ2n) is 4.40. The maximum atomic E-state index is 6.21. The van der Waals surface area contributed by atoms with E-state index in [2.05, 4.69) is 18.2 Å². The molecule has 0 unspecified atom stereocenters. The molecule has 0 saturated heterocycles. The van der Waals surface area contributed by atoms with E-state index in [0.717, 1.165) is 22.9 Å². The number of para-hydroxylation sites is 1. The van der Waals surface area contributed by atoms with Crippen molar-refractivity contribution < 1.29 is 9.47 Å². The first-order valence-electron chi connectivity index (χ1n) is 7.03. The van der Waals surface area contributed by atoms with Crippen molar-refractivity contribution >= 4 is 52.7 Å². The third-order valence-corrected chi connectivity index (χ3v) is 14.6. The molecule has 0 bridgehead atoms. The Morgan fingerprint density at radius 2 is 1.64 bits per heavy atom. The molecule has 0 atom stereocenters. The number of rotatable bonds is 7. The Morgan fingerprint density at radius 3 is 2.32 bits per heavy atom. The molecule has 118 valence electrons. The second-order valence-corrected chi connectivity index (χ2v) is 14.3. The Bertz CT molecular complexity index is 636. The van der Waals surface area contributed by atoms with Gasteiger partial charge in [0.25, 0.3) is 0 Å². The van der Waals surface area contributed by atoms with Crippen molar-refractivity contribution in [1.82, 2.24) is 0 Å². The van der Waals surface area contributed by atoms with Crippen molar-refractivity contribution in [2.45, 2.75) is 13.8 Å². The predicted octanol–water partition coefficient (Wildman–Crippen LogP) is 0.923. The van der Waals surface area contributed by atoms with Gasteiger partial charge in [0.05, 0.1) is 0 Å². The van der Waals surface area contributed by atoms with Crippen LogP contribution in [0.3, 0.4) is 0 Å². The molecule has 0 heterocycles. The van der Waals surface area contributed by atoms with Gasteiger partial charge in [-0.05, 0) is 0 Å². The van der Waals surface area contributed by atoms with Crippen LogP contribution in [0.5, 0.6) is 11.5 Å². The minimum absolute atomic E-state index is 0.267. The van der Waals surface area contributed by atoms with Crippen LogP contribution in [0.2, 0.25) is 0 Å². The fraction of sp³-hybridized carbons (Fsp3) is 0.250. The Labute approximate surface area is 147 Å². The second kappa shape index (κ2) is 8.75. The molecule has 0 aromatic heterocycles. The number of hydrogen-bond donors (Lipinski definition) is 2. The summed E-state index contributed by atoms with van der Waals surface area (Å²) in [6.07, 6.45) is 0. The van der Waals surface area contributed by atoms with Crippen molar-refractivity contribution in [1.29, 1.82) is 0 Å². The van der Waals surface area contributed by atoms with E-state index in [-0.39, 0.29) is 34.1 Å². The summed E-state index contributed by atoms with van der Waals surface area (Å²) in [4.78, 5) is 0. The van der Waals surface area contributed by atoms with Gasteiger partial charge in [-0.3, -0.25) is 0 Å². The van der Waals surface area contributed by atoms with Crippen LogP contribution in [0.25, 0.3) is 0 Å². The third-order valence-electron chi connectivity index (χ3n) is 2.83. The first-order chi connectivity index (χ1) is 10.7. The molecule has 0 aliphatic rings. The fourth-order valence-corrected chi connectivity index (χ4v) is 12.5. The van der Waals surface area contributed by atoms with Crippen molar-refractivity contribution in [3.8, 4) is 11.5 Å². The third kappa shape index (κ3) is 4.61. The van der Waals surface area contributed by atoms with E-state index in [0.29, 0.717) is 13.2 Å². The number of anilines is 2. The monoisotopic (exact) mass is 532 g/mol. The van der Waals surface area contributed by atoms with Gasteiger partial charge in [-0.15, -0.1) is 0 Å². The number of nitrogens with two attached hydrogens (primary N) is 2. The Kier molecular flexibility index (Phi) is 6.99. The number of nitrogen functional groups attached to an aromatic ring is 2. The van der Waals surface area contributed by atoms with E-state index >= 15 is 0 Å². The summed E-state index contributed by atoms with van der Waals surface area (Å²) in [5.74, 6) is 1.58. The molecule has 2 rings (SSSR count). The summed E-state index contributed by atoms with van der Waals surface area (Å²) < 4.78 is 13.7. The fourth-order valence-electron chi connectivity index (χ4n) is 1.84. The van der Waals surface area contributed by atoms with Crippen LogP contribution in [0.4, 0.5) is 11.4 Å². The van der Waals surface area contributed by atoms with Gasteiger partial charge in [0.15, 0.2) is 0 Å². The normalized spacial score (nSPS) is 10.5. The summed E-state index contributed by atoms with van der Waals surface area (Å²) in [7, 11) is 0. The van der Waals surface area contributed by atoms with Crippen molar-refractivity contribution in [3.05, 3.63) is 36.4 Å². The molecule has 0 amide bonds. The number of hydrogen-bond acceptors (Lipinski definition) is 4. The average Bonchev–Trinajstić information content (AvgIpc) is 2.51. The van der Waals surface area contributed by atoms with E-state index in [9.17, 15) is 0 Å². The van der Waals surface area contributed by atoms with Gasteiger partial charge in [0.2, 0.25) is 0 Å². The van der Waals surface area contributed by atoms with Gasteiger partial charge < -0.3 is 0 Å². The molecule has 0 radical (unpaired) electrons.